The Balaban J connectivity index is 2.01. The molecule has 0 bridgehead atoms. The zero-order valence-corrected chi connectivity index (χ0v) is 18.7. The minimum Gasteiger partial charge on any atom is -0.461 e. The summed E-state index contributed by atoms with van der Waals surface area (Å²) in [6.07, 6.45) is 0. The number of halogens is 3. The molecule has 0 radical (unpaired) electrons. The van der Waals surface area contributed by atoms with Crippen molar-refractivity contribution in [3.8, 4) is 0 Å². The molecular formula is C24H23ClF2N2O3. The molecule has 1 N–H and O–H groups in total. The van der Waals surface area contributed by atoms with E-state index in [0.29, 0.717) is 21.8 Å². The molecule has 168 valence electrons. The Bertz CT molecular complexity index is 1120. The fraction of sp³-hybridized carbons (Fsp3) is 0.250. The van der Waals surface area contributed by atoms with Gasteiger partial charge in [-0.25, -0.2) is 13.6 Å². The van der Waals surface area contributed by atoms with E-state index in [9.17, 15) is 18.4 Å². The van der Waals surface area contributed by atoms with Crippen molar-refractivity contribution in [1.29, 1.82) is 0 Å². The van der Waals surface area contributed by atoms with E-state index in [1.165, 1.54) is 11.0 Å². The lowest BCUT2D eigenvalue weighted by atomic mass is 10.1. The Kier molecular flexibility index (Phi) is 7.30. The maximum absolute atomic E-state index is 14.4. The number of aromatic nitrogens is 1. The van der Waals surface area contributed by atoms with Gasteiger partial charge in [0.05, 0.1) is 6.61 Å². The summed E-state index contributed by atoms with van der Waals surface area (Å²) in [5.74, 6) is -3.18. The Labute approximate surface area is 190 Å². The van der Waals surface area contributed by atoms with Crippen LogP contribution in [0, 0.1) is 25.5 Å². The van der Waals surface area contributed by atoms with Crippen molar-refractivity contribution in [1.82, 2.24) is 9.88 Å². The predicted molar refractivity (Wildman–Crippen MR) is 118 cm³/mol. The van der Waals surface area contributed by atoms with Crippen LogP contribution in [0.5, 0.6) is 0 Å². The van der Waals surface area contributed by atoms with Crippen LogP contribution in [-0.2, 0) is 17.8 Å². The van der Waals surface area contributed by atoms with E-state index in [4.69, 9.17) is 16.3 Å². The second kappa shape index (κ2) is 9.96. The maximum atomic E-state index is 14.4. The minimum absolute atomic E-state index is 0.0306. The third-order valence-corrected chi connectivity index (χ3v) is 5.42. The van der Waals surface area contributed by atoms with E-state index >= 15 is 0 Å². The highest BCUT2D eigenvalue weighted by molar-refractivity contribution is 6.30. The molecule has 2 aromatic carbocycles. The fourth-order valence-electron chi connectivity index (χ4n) is 3.49. The number of esters is 1. The maximum Gasteiger partial charge on any atom is 0.355 e. The van der Waals surface area contributed by atoms with Gasteiger partial charge in [0, 0.05) is 23.8 Å². The van der Waals surface area contributed by atoms with E-state index in [-0.39, 0.29) is 25.4 Å². The van der Waals surface area contributed by atoms with Crippen molar-refractivity contribution in [2.75, 3.05) is 6.61 Å². The predicted octanol–water partition coefficient (Wildman–Crippen LogP) is 5.58. The lowest BCUT2D eigenvalue weighted by Gasteiger charge is -2.24. The molecule has 8 heteroatoms. The van der Waals surface area contributed by atoms with Crippen LogP contribution in [0.2, 0.25) is 5.02 Å². The Hall–Kier alpha value is -3.19. The number of aryl methyl sites for hydroxylation is 1. The average Bonchev–Trinajstić information content (AvgIpc) is 3.03. The van der Waals surface area contributed by atoms with Gasteiger partial charge in [0.15, 0.2) is 0 Å². The molecule has 0 fully saturated rings. The van der Waals surface area contributed by atoms with Gasteiger partial charge in [-0.15, -0.1) is 0 Å². The highest BCUT2D eigenvalue weighted by atomic mass is 35.5. The molecule has 5 nitrogen and oxygen atoms in total. The number of ether oxygens (including phenoxy) is 1. The van der Waals surface area contributed by atoms with E-state index in [1.807, 2.05) is 0 Å². The monoisotopic (exact) mass is 460 g/mol. The second-order valence-electron chi connectivity index (χ2n) is 7.33. The molecule has 3 aromatic rings. The summed E-state index contributed by atoms with van der Waals surface area (Å²) in [6, 6.07) is 10.1. The van der Waals surface area contributed by atoms with Crippen LogP contribution in [0.15, 0.2) is 42.5 Å². The fourth-order valence-corrected chi connectivity index (χ4v) is 3.62. The summed E-state index contributed by atoms with van der Waals surface area (Å²) in [6.45, 7) is 5.55. The van der Waals surface area contributed by atoms with E-state index in [0.717, 1.165) is 17.7 Å². The lowest BCUT2D eigenvalue weighted by molar-refractivity contribution is 0.0519. The van der Waals surface area contributed by atoms with Crippen LogP contribution in [-0.4, -0.2) is 28.4 Å². The number of H-pyrrole nitrogens is 1. The van der Waals surface area contributed by atoms with Gasteiger partial charge < -0.3 is 14.6 Å². The molecule has 0 aliphatic rings. The summed E-state index contributed by atoms with van der Waals surface area (Å²) in [5, 5.41) is 0.531. The van der Waals surface area contributed by atoms with Crippen LogP contribution >= 0.6 is 11.6 Å². The molecule has 0 aliphatic carbocycles. The molecule has 0 aliphatic heterocycles. The van der Waals surface area contributed by atoms with Gasteiger partial charge >= 0.3 is 5.97 Å². The highest BCUT2D eigenvalue weighted by Crippen LogP contribution is 2.24. The number of amides is 1. The smallest absolute Gasteiger partial charge is 0.355 e. The topological polar surface area (TPSA) is 62.4 Å². The first kappa shape index (κ1) is 23.5. The number of nitrogens with zero attached hydrogens (tertiary/aromatic N) is 1. The van der Waals surface area contributed by atoms with Gasteiger partial charge in [0.1, 0.15) is 22.9 Å². The number of hydrogen-bond donors (Lipinski definition) is 1. The van der Waals surface area contributed by atoms with Crippen LogP contribution < -0.4 is 0 Å². The van der Waals surface area contributed by atoms with Crippen molar-refractivity contribution in [2.24, 2.45) is 0 Å². The molecule has 3 rings (SSSR count). The summed E-state index contributed by atoms with van der Waals surface area (Å²) < 4.78 is 33.8. The van der Waals surface area contributed by atoms with Gasteiger partial charge in [0.25, 0.3) is 5.91 Å². The number of benzene rings is 2. The molecule has 1 amide bonds. The van der Waals surface area contributed by atoms with E-state index < -0.39 is 29.1 Å². The van der Waals surface area contributed by atoms with Gasteiger partial charge in [-0.05, 0) is 61.7 Å². The molecule has 0 unspecified atom stereocenters. The third kappa shape index (κ3) is 4.99. The first-order chi connectivity index (χ1) is 15.2. The Morgan fingerprint density at radius 1 is 1.03 bits per heavy atom. The first-order valence-corrected chi connectivity index (χ1v) is 10.4. The molecular weight excluding hydrogens is 438 g/mol. The average molecular weight is 461 g/mol. The Morgan fingerprint density at radius 3 is 2.25 bits per heavy atom. The van der Waals surface area contributed by atoms with Gasteiger partial charge in [-0.2, -0.15) is 0 Å². The number of rotatable bonds is 7. The molecule has 0 saturated carbocycles. The van der Waals surface area contributed by atoms with Gasteiger partial charge in [-0.3, -0.25) is 4.79 Å². The van der Waals surface area contributed by atoms with E-state index in [1.54, 1.807) is 45.0 Å². The van der Waals surface area contributed by atoms with Gasteiger partial charge in [-0.1, -0.05) is 29.8 Å². The quantitative estimate of drug-likeness (QED) is 0.468. The minimum atomic E-state index is -0.939. The highest BCUT2D eigenvalue weighted by Gasteiger charge is 2.26. The molecule has 32 heavy (non-hydrogen) atoms. The third-order valence-electron chi connectivity index (χ3n) is 5.17. The second-order valence-corrected chi connectivity index (χ2v) is 7.77. The number of aromatic amines is 1. The normalized spacial score (nSPS) is 10.8. The summed E-state index contributed by atoms with van der Waals surface area (Å²) in [4.78, 5) is 29.8. The molecule has 1 heterocycles. The van der Waals surface area contributed by atoms with Crippen molar-refractivity contribution in [3.63, 3.8) is 0 Å². The zero-order chi connectivity index (χ0) is 23.4. The van der Waals surface area contributed by atoms with Crippen molar-refractivity contribution < 1.29 is 23.1 Å². The van der Waals surface area contributed by atoms with Crippen LogP contribution in [0.3, 0.4) is 0 Å². The number of hydrogen-bond acceptors (Lipinski definition) is 3. The summed E-state index contributed by atoms with van der Waals surface area (Å²) in [5.41, 5.74) is 2.34. The number of nitrogens with one attached hydrogen (secondary N) is 1. The molecule has 0 spiro atoms. The lowest BCUT2D eigenvalue weighted by Crippen LogP contribution is -2.32. The van der Waals surface area contributed by atoms with Crippen molar-refractivity contribution in [2.45, 2.75) is 33.9 Å². The first-order valence-electron chi connectivity index (χ1n) is 10.1. The van der Waals surface area contributed by atoms with Crippen molar-refractivity contribution >= 4 is 23.5 Å². The molecule has 0 saturated heterocycles. The number of carbonyl (C=O) groups is 2. The Morgan fingerprint density at radius 2 is 1.66 bits per heavy atom. The standard InChI is InChI=1S/C24H23ClF2N2O3/c1-4-32-24(31)22-14(2)18(15(3)28-22)13-29(12-16-8-10-17(25)11-9-16)23(30)21-19(26)6-5-7-20(21)27/h5-11,28H,4,12-13H2,1-3H3. The largest absolute Gasteiger partial charge is 0.461 e. The van der Waals surface area contributed by atoms with Crippen LogP contribution in [0.1, 0.15) is 50.2 Å². The number of carbonyl (C=O) groups excluding carboxylic acids is 2. The zero-order valence-electron chi connectivity index (χ0n) is 18.0. The van der Waals surface area contributed by atoms with Crippen LogP contribution in [0.4, 0.5) is 8.78 Å². The molecule has 1 aromatic heterocycles. The SMILES string of the molecule is CCOC(=O)c1[nH]c(C)c(CN(Cc2ccc(Cl)cc2)C(=O)c2c(F)cccc2F)c1C. The van der Waals surface area contributed by atoms with Crippen LogP contribution in [0.25, 0.3) is 0 Å². The van der Waals surface area contributed by atoms with Gasteiger partial charge in [0.2, 0.25) is 0 Å². The molecule has 0 atom stereocenters. The van der Waals surface area contributed by atoms with E-state index in [2.05, 4.69) is 4.98 Å². The van der Waals surface area contributed by atoms with Crippen molar-refractivity contribution in [3.05, 3.63) is 92.8 Å². The summed E-state index contributed by atoms with van der Waals surface area (Å²) in [7, 11) is 0. The summed E-state index contributed by atoms with van der Waals surface area (Å²) >= 11 is 5.95.